The Labute approximate surface area is 137 Å². The van der Waals surface area contributed by atoms with Gasteiger partial charge in [0, 0.05) is 31.5 Å². The van der Waals surface area contributed by atoms with Crippen LogP contribution in [0.5, 0.6) is 5.75 Å². The lowest BCUT2D eigenvalue weighted by atomic mass is 10.2. The smallest absolute Gasteiger partial charge is 0.229 e. The summed E-state index contributed by atoms with van der Waals surface area (Å²) >= 11 is 12.0. The Morgan fingerprint density at radius 1 is 1.23 bits per heavy atom. The molecule has 0 aromatic heterocycles. The molecule has 1 aromatic rings. The van der Waals surface area contributed by atoms with E-state index in [2.05, 4.69) is 5.32 Å². The summed E-state index contributed by atoms with van der Waals surface area (Å²) in [4.78, 5) is 35.9. The number of hydrogen-bond donors (Lipinski definition) is 1. The maximum Gasteiger partial charge on any atom is 0.229 e. The zero-order valence-electron chi connectivity index (χ0n) is 11.8. The lowest BCUT2D eigenvalue weighted by molar-refractivity contribution is -0.138. The number of rotatable bonds is 5. The minimum absolute atomic E-state index is 0.0126. The molecule has 3 amide bonds. The maximum absolute atomic E-state index is 11.9. The van der Waals surface area contributed by atoms with Crippen molar-refractivity contribution in [1.29, 1.82) is 0 Å². The first-order valence-electron chi connectivity index (χ1n) is 6.58. The molecule has 22 heavy (non-hydrogen) atoms. The number of anilines is 1. The fourth-order valence-corrected chi connectivity index (χ4v) is 2.78. The van der Waals surface area contributed by atoms with Crippen LogP contribution in [0.15, 0.2) is 12.1 Å². The van der Waals surface area contributed by atoms with Crippen molar-refractivity contribution in [2.24, 2.45) is 0 Å². The van der Waals surface area contributed by atoms with E-state index in [1.54, 1.807) is 0 Å². The number of likely N-dealkylation sites (tertiary alicyclic amines) is 1. The van der Waals surface area contributed by atoms with Crippen molar-refractivity contribution in [1.82, 2.24) is 4.90 Å². The van der Waals surface area contributed by atoms with E-state index in [1.165, 1.54) is 19.2 Å². The second kappa shape index (κ2) is 6.98. The molecule has 1 N–H and O–H groups in total. The van der Waals surface area contributed by atoms with Crippen molar-refractivity contribution < 1.29 is 19.1 Å². The normalized spacial score (nSPS) is 14.4. The average Bonchev–Trinajstić information content (AvgIpc) is 2.75. The molecule has 6 nitrogen and oxygen atoms in total. The van der Waals surface area contributed by atoms with Crippen LogP contribution < -0.4 is 10.1 Å². The molecule has 1 saturated heterocycles. The van der Waals surface area contributed by atoms with Crippen molar-refractivity contribution in [2.45, 2.75) is 19.3 Å². The number of nitrogens with zero attached hydrogens (tertiary/aromatic N) is 1. The Morgan fingerprint density at radius 3 is 2.27 bits per heavy atom. The zero-order chi connectivity index (χ0) is 16.3. The van der Waals surface area contributed by atoms with Crippen molar-refractivity contribution in [2.75, 3.05) is 19.0 Å². The Bertz CT molecular complexity index is 594. The zero-order valence-corrected chi connectivity index (χ0v) is 13.3. The third-order valence-corrected chi connectivity index (χ3v) is 3.76. The SMILES string of the molecule is COc1c(Cl)cc(NC(=O)CCN2C(=O)CCC2=O)cc1Cl. The van der Waals surface area contributed by atoms with Gasteiger partial charge in [-0.05, 0) is 12.1 Å². The van der Waals surface area contributed by atoms with Gasteiger partial charge in [0.25, 0.3) is 0 Å². The minimum Gasteiger partial charge on any atom is -0.494 e. The second-order valence-electron chi connectivity index (χ2n) is 4.71. The highest BCUT2D eigenvalue weighted by Crippen LogP contribution is 2.35. The van der Waals surface area contributed by atoms with Gasteiger partial charge in [0.05, 0.1) is 17.2 Å². The van der Waals surface area contributed by atoms with Gasteiger partial charge in [-0.2, -0.15) is 0 Å². The molecule has 0 atom stereocenters. The van der Waals surface area contributed by atoms with Gasteiger partial charge in [-0.15, -0.1) is 0 Å². The molecule has 0 spiro atoms. The first-order chi connectivity index (χ1) is 10.4. The van der Waals surface area contributed by atoms with E-state index in [0.717, 1.165) is 4.90 Å². The van der Waals surface area contributed by atoms with Crippen LogP contribution in [-0.2, 0) is 14.4 Å². The molecule has 1 heterocycles. The van der Waals surface area contributed by atoms with Crippen LogP contribution in [0.25, 0.3) is 0 Å². The number of amides is 3. The van der Waals surface area contributed by atoms with E-state index in [1.807, 2.05) is 0 Å². The predicted molar refractivity (Wildman–Crippen MR) is 82.2 cm³/mol. The molecule has 8 heteroatoms. The van der Waals surface area contributed by atoms with Crippen LogP contribution in [0.1, 0.15) is 19.3 Å². The Morgan fingerprint density at radius 2 is 1.77 bits per heavy atom. The van der Waals surface area contributed by atoms with Gasteiger partial charge in [0.1, 0.15) is 0 Å². The third-order valence-electron chi connectivity index (χ3n) is 3.20. The van der Waals surface area contributed by atoms with Gasteiger partial charge in [-0.3, -0.25) is 19.3 Å². The number of methoxy groups -OCH3 is 1. The number of benzene rings is 1. The van der Waals surface area contributed by atoms with Crippen molar-refractivity contribution in [3.8, 4) is 5.75 Å². The molecule has 0 saturated carbocycles. The van der Waals surface area contributed by atoms with Gasteiger partial charge in [0.15, 0.2) is 5.75 Å². The number of carbonyl (C=O) groups is 3. The van der Waals surface area contributed by atoms with Gasteiger partial charge in [0.2, 0.25) is 17.7 Å². The average molecular weight is 345 g/mol. The molecular formula is C14H14Cl2N2O4. The van der Waals surface area contributed by atoms with Gasteiger partial charge in [-0.1, -0.05) is 23.2 Å². The van der Waals surface area contributed by atoms with E-state index < -0.39 is 0 Å². The molecule has 0 aliphatic carbocycles. The van der Waals surface area contributed by atoms with E-state index in [-0.39, 0.29) is 53.6 Å². The quantitative estimate of drug-likeness (QED) is 0.832. The van der Waals surface area contributed by atoms with Crippen LogP contribution >= 0.6 is 23.2 Å². The van der Waals surface area contributed by atoms with Gasteiger partial charge < -0.3 is 10.1 Å². The predicted octanol–water partition coefficient (Wildman–Crippen LogP) is 2.48. The fourth-order valence-electron chi connectivity index (χ4n) is 2.14. The monoisotopic (exact) mass is 344 g/mol. The number of ether oxygens (including phenoxy) is 1. The number of imide groups is 1. The summed E-state index contributed by atoms with van der Waals surface area (Å²) in [6.07, 6.45) is 0.438. The first kappa shape index (κ1) is 16.6. The summed E-state index contributed by atoms with van der Waals surface area (Å²) in [7, 11) is 1.44. The van der Waals surface area contributed by atoms with Crippen molar-refractivity contribution >= 4 is 46.6 Å². The Hall–Kier alpha value is -1.79. The topological polar surface area (TPSA) is 75.7 Å². The highest BCUT2D eigenvalue weighted by atomic mass is 35.5. The minimum atomic E-state index is -0.343. The number of hydrogen-bond acceptors (Lipinski definition) is 4. The van der Waals surface area contributed by atoms with Crippen LogP contribution in [0, 0.1) is 0 Å². The molecule has 1 aromatic carbocycles. The van der Waals surface area contributed by atoms with Gasteiger partial charge in [-0.25, -0.2) is 0 Å². The molecule has 0 bridgehead atoms. The summed E-state index contributed by atoms with van der Waals surface area (Å²) in [5, 5.41) is 3.16. The maximum atomic E-state index is 11.9. The second-order valence-corrected chi connectivity index (χ2v) is 5.52. The Kier molecular flexibility index (Phi) is 5.26. The highest BCUT2D eigenvalue weighted by Gasteiger charge is 2.28. The van der Waals surface area contributed by atoms with Crippen LogP contribution in [-0.4, -0.2) is 36.3 Å². The molecule has 1 fully saturated rings. The Balaban J connectivity index is 1.95. The van der Waals surface area contributed by atoms with E-state index in [4.69, 9.17) is 27.9 Å². The van der Waals surface area contributed by atoms with E-state index >= 15 is 0 Å². The summed E-state index contributed by atoms with van der Waals surface area (Å²) in [6.45, 7) is 0.0706. The summed E-state index contributed by atoms with van der Waals surface area (Å²) in [5.41, 5.74) is 0.417. The molecule has 0 unspecified atom stereocenters. The summed E-state index contributed by atoms with van der Waals surface area (Å²) in [5.74, 6) is -0.499. The molecule has 1 aliphatic heterocycles. The lowest BCUT2D eigenvalue weighted by Crippen LogP contribution is -2.32. The summed E-state index contributed by atoms with van der Waals surface area (Å²) < 4.78 is 5.02. The molecule has 2 rings (SSSR count). The van der Waals surface area contributed by atoms with Crippen molar-refractivity contribution in [3.63, 3.8) is 0 Å². The number of halogens is 2. The van der Waals surface area contributed by atoms with E-state index in [0.29, 0.717) is 11.4 Å². The standard InChI is InChI=1S/C14H14Cl2N2O4/c1-22-14-9(15)6-8(7-10(14)16)17-11(19)4-5-18-12(20)2-3-13(18)21/h6-7H,2-5H2,1H3,(H,17,19). The molecule has 0 radical (unpaired) electrons. The van der Waals surface area contributed by atoms with Gasteiger partial charge >= 0.3 is 0 Å². The molecular weight excluding hydrogens is 331 g/mol. The third kappa shape index (κ3) is 3.69. The van der Waals surface area contributed by atoms with Crippen LogP contribution in [0.4, 0.5) is 5.69 Å². The fraction of sp³-hybridized carbons (Fsp3) is 0.357. The van der Waals surface area contributed by atoms with E-state index in [9.17, 15) is 14.4 Å². The molecule has 1 aliphatic rings. The van der Waals surface area contributed by atoms with Crippen LogP contribution in [0.2, 0.25) is 10.0 Å². The highest BCUT2D eigenvalue weighted by molar-refractivity contribution is 6.37. The largest absolute Gasteiger partial charge is 0.494 e. The lowest BCUT2D eigenvalue weighted by Gasteiger charge is -2.14. The summed E-state index contributed by atoms with van der Waals surface area (Å²) in [6, 6.07) is 3.02. The van der Waals surface area contributed by atoms with Crippen molar-refractivity contribution in [3.05, 3.63) is 22.2 Å². The number of nitrogens with one attached hydrogen (secondary N) is 1. The first-order valence-corrected chi connectivity index (χ1v) is 7.34. The number of carbonyl (C=O) groups excluding carboxylic acids is 3. The van der Waals surface area contributed by atoms with Crippen LogP contribution in [0.3, 0.4) is 0 Å². The molecule has 118 valence electrons.